The van der Waals surface area contributed by atoms with E-state index in [1.807, 2.05) is 12.1 Å². The van der Waals surface area contributed by atoms with E-state index in [-0.39, 0.29) is 18.1 Å². The number of carbonyl (C=O) groups excluding carboxylic acids is 1. The van der Waals surface area contributed by atoms with Crippen LogP contribution in [0.2, 0.25) is 0 Å². The number of hydrogen-bond donors (Lipinski definition) is 2. The van der Waals surface area contributed by atoms with Crippen molar-refractivity contribution in [3.05, 3.63) is 50.4 Å². The number of aliphatic imine (C=N–C) groups is 1. The molecule has 0 aliphatic heterocycles. The lowest BCUT2D eigenvalue weighted by molar-refractivity contribution is 0.102. The summed E-state index contributed by atoms with van der Waals surface area (Å²) in [5.41, 5.74) is 1.88. The second-order valence-corrected chi connectivity index (χ2v) is 8.89. The lowest BCUT2D eigenvalue weighted by Gasteiger charge is -2.22. The number of amides is 1. The van der Waals surface area contributed by atoms with Crippen LogP contribution < -0.4 is 14.8 Å². The second kappa shape index (κ2) is 10.4. The first kappa shape index (κ1) is 22.8. The van der Waals surface area contributed by atoms with Gasteiger partial charge in [-0.3, -0.25) is 9.79 Å². The Bertz CT molecular complexity index is 941. The average molecular weight is 540 g/mol. The van der Waals surface area contributed by atoms with Gasteiger partial charge in [0.15, 0.2) is 11.5 Å². The van der Waals surface area contributed by atoms with Crippen molar-refractivity contribution in [2.45, 2.75) is 37.8 Å². The molecule has 0 saturated heterocycles. The minimum Gasteiger partial charge on any atom is -0.493 e. The molecule has 1 fully saturated rings. The Morgan fingerprint density at radius 3 is 2.47 bits per heavy atom. The fraction of sp³-hybridized carbons (Fsp3) is 0.364. The predicted molar refractivity (Wildman–Crippen MR) is 125 cm³/mol. The van der Waals surface area contributed by atoms with Crippen LogP contribution in [0.3, 0.4) is 0 Å². The number of rotatable bonds is 6. The topological polar surface area (TPSA) is 80.2 Å². The Morgan fingerprint density at radius 1 is 1.10 bits per heavy atom. The van der Waals surface area contributed by atoms with Crippen LogP contribution in [-0.4, -0.2) is 43.6 Å². The van der Waals surface area contributed by atoms with Gasteiger partial charge in [-0.05, 0) is 71.9 Å². The Kier molecular flexibility index (Phi) is 7.91. The highest BCUT2D eigenvalue weighted by Gasteiger charge is 2.19. The molecule has 6 nitrogen and oxygen atoms in total. The van der Waals surface area contributed by atoms with E-state index in [9.17, 15) is 9.90 Å². The summed E-state index contributed by atoms with van der Waals surface area (Å²) < 4.78 is 12.1. The van der Waals surface area contributed by atoms with E-state index in [1.165, 1.54) is 7.11 Å². The largest absolute Gasteiger partial charge is 0.493 e. The minimum atomic E-state index is -0.269. The lowest BCUT2D eigenvalue weighted by Crippen LogP contribution is -2.20. The van der Waals surface area contributed by atoms with Gasteiger partial charge in [-0.1, -0.05) is 15.9 Å². The van der Waals surface area contributed by atoms with E-state index in [0.717, 1.165) is 40.2 Å². The van der Waals surface area contributed by atoms with Gasteiger partial charge in [0.1, 0.15) is 0 Å². The van der Waals surface area contributed by atoms with Crippen LogP contribution in [0.1, 0.15) is 41.6 Å². The first-order valence-corrected chi connectivity index (χ1v) is 11.2. The van der Waals surface area contributed by atoms with Gasteiger partial charge < -0.3 is 19.9 Å². The molecule has 0 aromatic heterocycles. The minimum absolute atomic E-state index is 0.181. The zero-order valence-corrected chi connectivity index (χ0v) is 20.0. The van der Waals surface area contributed by atoms with Crippen molar-refractivity contribution in [3.8, 4) is 11.5 Å². The number of halogens is 2. The van der Waals surface area contributed by atoms with Gasteiger partial charge in [0.25, 0.3) is 5.91 Å². The molecule has 0 spiro atoms. The number of anilines is 1. The van der Waals surface area contributed by atoms with E-state index < -0.39 is 0 Å². The number of carbonyl (C=O) groups is 1. The molecule has 160 valence electrons. The molecule has 0 bridgehead atoms. The third kappa shape index (κ3) is 5.62. The molecule has 1 aliphatic carbocycles. The van der Waals surface area contributed by atoms with Crippen molar-refractivity contribution in [2.24, 2.45) is 4.99 Å². The van der Waals surface area contributed by atoms with Crippen molar-refractivity contribution in [3.63, 3.8) is 0 Å². The van der Waals surface area contributed by atoms with Crippen LogP contribution in [0.4, 0.5) is 5.69 Å². The SMILES string of the molecule is COc1ccc(C(=O)Nc2c(Br)cc(Br)cc2C=NC2CCC(O)CC2)cc1OC. The summed E-state index contributed by atoms with van der Waals surface area (Å²) in [6.45, 7) is 0. The van der Waals surface area contributed by atoms with E-state index in [2.05, 4.69) is 37.2 Å². The van der Waals surface area contributed by atoms with Gasteiger partial charge in [-0.15, -0.1) is 0 Å². The van der Waals surface area contributed by atoms with Gasteiger partial charge in [0.2, 0.25) is 0 Å². The lowest BCUT2D eigenvalue weighted by atomic mass is 9.93. The first-order chi connectivity index (χ1) is 14.4. The number of aliphatic hydroxyl groups excluding tert-OH is 1. The fourth-order valence-corrected chi connectivity index (χ4v) is 4.74. The molecule has 0 unspecified atom stereocenters. The van der Waals surface area contributed by atoms with E-state index >= 15 is 0 Å². The third-order valence-electron chi connectivity index (χ3n) is 5.06. The highest BCUT2D eigenvalue weighted by atomic mass is 79.9. The summed E-state index contributed by atoms with van der Waals surface area (Å²) in [6.07, 6.45) is 4.84. The van der Waals surface area contributed by atoms with Gasteiger partial charge in [-0.25, -0.2) is 0 Å². The normalized spacial score (nSPS) is 19.0. The van der Waals surface area contributed by atoms with E-state index in [0.29, 0.717) is 22.7 Å². The number of methoxy groups -OCH3 is 2. The summed E-state index contributed by atoms with van der Waals surface area (Å²) in [5, 5.41) is 12.6. The summed E-state index contributed by atoms with van der Waals surface area (Å²) in [7, 11) is 3.08. The predicted octanol–water partition coefficient (Wildman–Crippen LogP) is 5.20. The quantitative estimate of drug-likeness (QED) is 0.494. The number of nitrogens with one attached hydrogen (secondary N) is 1. The zero-order valence-electron chi connectivity index (χ0n) is 16.8. The van der Waals surface area contributed by atoms with Crippen molar-refractivity contribution >= 4 is 49.7 Å². The van der Waals surface area contributed by atoms with Crippen LogP contribution in [0.15, 0.2) is 44.3 Å². The number of benzene rings is 2. The van der Waals surface area contributed by atoms with E-state index in [1.54, 1.807) is 31.5 Å². The molecule has 0 radical (unpaired) electrons. The van der Waals surface area contributed by atoms with Gasteiger partial charge in [0.05, 0.1) is 32.1 Å². The van der Waals surface area contributed by atoms with Crippen LogP contribution in [-0.2, 0) is 0 Å². The summed E-state index contributed by atoms with van der Waals surface area (Å²) in [5.74, 6) is 0.778. The van der Waals surface area contributed by atoms with E-state index in [4.69, 9.17) is 14.5 Å². The Labute approximate surface area is 192 Å². The Hall–Kier alpha value is -1.90. The number of aliphatic hydroxyl groups is 1. The molecule has 1 saturated carbocycles. The zero-order chi connectivity index (χ0) is 21.7. The Morgan fingerprint density at radius 2 is 1.80 bits per heavy atom. The maximum Gasteiger partial charge on any atom is 0.255 e. The summed E-state index contributed by atoms with van der Waals surface area (Å²) in [6, 6.07) is 8.99. The van der Waals surface area contributed by atoms with Gasteiger partial charge >= 0.3 is 0 Å². The molecule has 0 heterocycles. The maximum atomic E-state index is 12.9. The van der Waals surface area contributed by atoms with Gasteiger partial charge in [0, 0.05) is 26.3 Å². The number of ether oxygens (including phenoxy) is 2. The molecule has 1 amide bonds. The molecular weight excluding hydrogens is 516 g/mol. The van der Waals surface area contributed by atoms with Crippen LogP contribution in [0.25, 0.3) is 0 Å². The average Bonchev–Trinajstić information content (AvgIpc) is 2.74. The molecule has 2 aromatic carbocycles. The number of hydrogen-bond acceptors (Lipinski definition) is 5. The molecular formula is C22H24Br2N2O4. The summed E-state index contributed by atoms with van der Waals surface area (Å²) >= 11 is 7.04. The monoisotopic (exact) mass is 538 g/mol. The van der Waals surface area contributed by atoms with Crippen LogP contribution >= 0.6 is 31.9 Å². The third-order valence-corrected chi connectivity index (χ3v) is 6.14. The highest BCUT2D eigenvalue weighted by Crippen LogP contribution is 2.32. The van der Waals surface area contributed by atoms with Crippen molar-refractivity contribution in [1.29, 1.82) is 0 Å². The molecule has 2 aromatic rings. The summed E-state index contributed by atoms with van der Waals surface area (Å²) in [4.78, 5) is 17.6. The smallest absolute Gasteiger partial charge is 0.255 e. The first-order valence-electron chi connectivity index (χ1n) is 9.65. The fourth-order valence-electron chi connectivity index (χ4n) is 3.38. The molecule has 2 N–H and O–H groups in total. The van der Waals surface area contributed by atoms with Crippen LogP contribution in [0.5, 0.6) is 11.5 Å². The molecule has 8 heteroatoms. The van der Waals surface area contributed by atoms with Crippen molar-refractivity contribution in [2.75, 3.05) is 19.5 Å². The standard InChI is InChI=1S/C22H24Br2N2O4/c1-29-19-8-3-13(10-20(19)30-2)22(28)26-21-14(9-15(23)11-18(21)24)12-25-16-4-6-17(27)7-5-16/h3,8-12,16-17,27H,4-7H2,1-2H3,(H,26,28). The van der Waals surface area contributed by atoms with Crippen molar-refractivity contribution < 1.29 is 19.4 Å². The van der Waals surface area contributed by atoms with Gasteiger partial charge in [-0.2, -0.15) is 0 Å². The molecule has 30 heavy (non-hydrogen) atoms. The Balaban J connectivity index is 1.84. The maximum absolute atomic E-state index is 12.9. The van der Waals surface area contributed by atoms with Crippen LogP contribution in [0, 0.1) is 0 Å². The van der Waals surface area contributed by atoms with Crippen molar-refractivity contribution in [1.82, 2.24) is 0 Å². The molecule has 3 rings (SSSR count). The number of nitrogens with zero attached hydrogens (tertiary/aromatic N) is 1. The molecule has 1 aliphatic rings. The molecule has 0 atom stereocenters. The highest BCUT2D eigenvalue weighted by molar-refractivity contribution is 9.11. The second-order valence-electron chi connectivity index (χ2n) is 7.12.